The Labute approximate surface area is 129 Å². The van der Waals surface area contributed by atoms with E-state index in [4.69, 9.17) is 0 Å². The van der Waals surface area contributed by atoms with Crippen molar-refractivity contribution in [1.29, 1.82) is 0 Å². The standard InChI is InChI=1S/C16H21N3OS/c1-11(2)19(4)9-16(20)18-14-7-5-6-13(8-14)15-10-21-12(3)17-15/h5-8,10-11H,9H2,1-4H3,(H,18,20). The van der Waals surface area contributed by atoms with Crippen molar-refractivity contribution in [2.75, 3.05) is 18.9 Å². The second kappa shape index (κ2) is 6.83. The number of likely N-dealkylation sites (N-methyl/N-ethyl adjacent to an activating group) is 1. The Bertz CT molecular complexity index is 621. The Hall–Kier alpha value is -1.72. The van der Waals surface area contributed by atoms with Crippen LogP contribution >= 0.6 is 11.3 Å². The highest BCUT2D eigenvalue weighted by Crippen LogP contribution is 2.24. The minimum absolute atomic E-state index is 0.00203. The van der Waals surface area contributed by atoms with E-state index in [0.29, 0.717) is 12.6 Å². The lowest BCUT2D eigenvalue weighted by atomic mass is 10.1. The Balaban J connectivity index is 2.06. The summed E-state index contributed by atoms with van der Waals surface area (Å²) in [6.45, 7) is 6.51. The molecule has 0 atom stereocenters. The molecule has 1 amide bonds. The molecule has 0 radical (unpaired) electrons. The summed E-state index contributed by atoms with van der Waals surface area (Å²) < 4.78 is 0. The predicted molar refractivity (Wildman–Crippen MR) is 88.7 cm³/mol. The first-order valence-corrected chi connectivity index (χ1v) is 7.86. The second-order valence-corrected chi connectivity index (χ2v) is 6.45. The SMILES string of the molecule is Cc1nc(-c2cccc(NC(=O)CN(C)C(C)C)c2)cs1. The van der Waals surface area contributed by atoms with Gasteiger partial charge in [0.25, 0.3) is 0 Å². The zero-order chi connectivity index (χ0) is 15.4. The van der Waals surface area contributed by atoms with E-state index in [1.54, 1.807) is 11.3 Å². The van der Waals surface area contributed by atoms with Gasteiger partial charge in [-0.05, 0) is 40.0 Å². The monoisotopic (exact) mass is 303 g/mol. The van der Waals surface area contributed by atoms with Crippen molar-refractivity contribution in [2.24, 2.45) is 0 Å². The molecule has 1 aromatic carbocycles. The quantitative estimate of drug-likeness (QED) is 0.921. The predicted octanol–water partition coefficient (Wildman–Crippen LogP) is 3.40. The molecule has 0 aliphatic rings. The fourth-order valence-electron chi connectivity index (χ4n) is 1.86. The number of rotatable bonds is 5. The fraction of sp³-hybridized carbons (Fsp3) is 0.375. The van der Waals surface area contributed by atoms with Gasteiger partial charge < -0.3 is 5.32 Å². The lowest BCUT2D eigenvalue weighted by molar-refractivity contribution is -0.117. The molecular formula is C16H21N3OS. The third kappa shape index (κ3) is 4.37. The lowest BCUT2D eigenvalue weighted by Gasteiger charge is -2.20. The number of aryl methyl sites for hydroxylation is 1. The van der Waals surface area contributed by atoms with Gasteiger partial charge in [-0.2, -0.15) is 0 Å². The van der Waals surface area contributed by atoms with E-state index in [0.717, 1.165) is 22.0 Å². The smallest absolute Gasteiger partial charge is 0.238 e. The van der Waals surface area contributed by atoms with E-state index in [9.17, 15) is 4.79 Å². The van der Waals surface area contributed by atoms with E-state index in [2.05, 4.69) is 24.1 Å². The van der Waals surface area contributed by atoms with Crippen LogP contribution in [-0.4, -0.2) is 35.4 Å². The lowest BCUT2D eigenvalue weighted by Crippen LogP contribution is -2.34. The molecular weight excluding hydrogens is 282 g/mol. The number of nitrogens with one attached hydrogen (secondary N) is 1. The summed E-state index contributed by atoms with van der Waals surface area (Å²) in [6.07, 6.45) is 0. The number of benzene rings is 1. The molecule has 0 saturated carbocycles. The van der Waals surface area contributed by atoms with Crippen molar-refractivity contribution in [3.63, 3.8) is 0 Å². The van der Waals surface area contributed by atoms with Crippen LogP contribution in [0.25, 0.3) is 11.3 Å². The van der Waals surface area contributed by atoms with Crippen LogP contribution in [0.4, 0.5) is 5.69 Å². The van der Waals surface area contributed by atoms with Gasteiger partial charge in [-0.1, -0.05) is 12.1 Å². The van der Waals surface area contributed by atoms with Gasteiger partial charge in [-0.15, -0.1) is 11.3 Å². The molecule has 2 rings (SSSR count). The van der Waals surface area contributed by atoms with Gasteiger partial charge in [0.15, 0.2) is 0 Å². The molecule has 112 valence electrons. The maximum absolute atomic E-state index is 12.0. The fourth-order valence-corrected chi connectivity index (χ4v) is 2.48. The van der Waals surface area contributed by atoms with Crippen LogP contribution in [-0.2, 0) is 4.79 Å². The average Bonchev–Trinajstić information content (AvgIpc) is 2.85. The first-order valence-electron chi connectivity index (χ1n) is 6.98. The van der Waals surface area contributed by atoms with Crippen LogP contribution in [0.5, 0.6) is 0 Å². The third-order valence-electron chi connectivity index (χ3n) is 3.34. The van der Waals surface area contributed by atoms with Crippen molar-refractivity contribution >= 4 is 22.9 Å². The molecule has 1 N–H and O–H groups in total. The summed E-state index contributed by atoms with van der Waals surface area (Å²) in [5.74, 6) is -0.00203. The maximum atomic E-state index is 12.0. The zero-order valence-electron chi connectivity index (χ0n) is 12.9. The van der Waals surface area contributed by atoms with Crippen molar-refractivity contribution in [1.82, 2.24) is 9.88 Å². The van der Waals surface area contributed by atoms with Gasteiger partial charge in [0, 0.05) is 22.7 Å². The van der Waals surface area contributed by atoms with E-state index < -0.39 is 0 Å². The number of aromatic nitrogens is 1. The molecule has 0 unspecified atom stereocenters. The van der Waals surface area contributed by atoms with Gasteiger partial charge in [0.2, 0.25) is 5.91 Å². The number of hydrogen-bond acceptors (Lipinski definition) is 4. The number of carbonyl (C=O) groups excluding carboxylic acids is 1. The van der Waals surface area contributed by atoms with E-state index in [1.807, 2.05) is 48.5 Å². The minimum Gasteiger partial charge on any atom is -0.325 e. The Morgan fingerprint density at radius 3 is 2.81 bits per heavy atom. The summed E-state index contributed by atoms with van der Waals surface area (Å²) >= 11 is 1.63. The first kappa shape index (κ1) is 15.7. The Morgan fingerprint density at radius 2 is 2.19 bits per heavy atom. The van der Waals surface area contributed by atoms with Crippen LogP contribution in [0.1, 0.15) is 18.9 Å². The average molecular weight is 303 g/mol. The van der Waals surface area contributed by atoms with Gasteiger partial charge >= 0.3 is 0 Å². The maximum Gasteiger partial charge on any atom is 0.238 e. The number of nitrogens with zero attached hydrogens (tertiary/aromatic N) is 2. The largest absolute Gasteiger partial charge is 0.325 e. The number of amides is 1. The topological polar surface area (TPSA) is 45.2 Å². The molecule has 2 aromatic rings. The Kier molecular flexibility index (Phi) is 5.09. The highest BCUT2D eigenvalue weighted by molar-refractivity contribution is 7.09. The molecule has 0 aliphatic heterocycles. The molecule has 5 heteroatoms. The van der Waals surface area contributed by atoms with Crippen molar-refractivity contribution < 1.29 is 4.79 Å². The van der Waals surface area contributed by atoms with Crippen molar-refractivity contribution in [3.8, 4) is 11.3 Å². The minimum atomic E-state index is -0.00203. The first-order chi connectivity index (χ1) is 9.95. The summed E-state index contributed by atoms with van der Waals surface area (Å²) in [7, 11) is 1.94. The van der Waals surface area contributed by atoms with Crippen LogP contribution in [0.15, 0.2) is 29.6 Å². The molecule has 0 fully saturated rings. The highest BCUT2D eigenvalue weighted by Gasteiger charge is 2.10. The molecule has 1 heterocycles. The van der Waals surface area contributed by atoms with Gasteiger partial charge in [-0.25, -0.2) is 4.98 Å². The van der Waals surface area contributed by atoms with Gasteiger partial charge in [0.1, 0.15) is 0 Å². The second-order valence-electron chi connectivity index (χ2n) is 5.39. The number of carbonyl (C=O) groups is 1. The number of thiazole rings is 1. The van der Waals surface area contributed by atoms with Gasteiger partial charge in [-0.3, -0.25) is 9.69 Å². The van der Waals surface area contributed by atoms with Crippen LogP contribution in [0.2, 0.25) is 0 Å². The van der Waals surface area contributed by atoms with Crippen LogP contribution in [0, 0.1) is 6.92 Å². The zero-order valence-corrected chi connectivity index (χ0v) is 13.7. The summed E-state index contributed by atoms with van der Waals surface area (Å²) in [6, 6.07) is 8.15. The number of anilines is 1. The van der Waals surface area contributed by atoms with Gasteiger partial charge in [0.05, 0.1) is 17.2 Å². The van der Waals surface area contributed by atoms with E-state index in [1.165, 1.54) is 0 Å². The molecule has 0 saturated heterocycles. The molecule has 1 aromatic heterocycles. The van der Waals surface area contributed by atoms with Crippen LogP contribution < -0.4 is 5.32 Å². The molecule has 0 spiro atoms. The summed E-state index contributed by atoms with van der Waals surface area (Å²) in [4.78, 5) is 18.5. The van der Waals surface area contributed by atoms with E-state index in [-0.39, 0.29) is 5.91 Å². The van der Waals surface area contributed by atoms with Crippen molar-refractivity contribution in [2.45, 2.75) is 26.8 Å². The van der Waals surface area contributed by atoms with Crippen LogP contribution in [0.3, 0.4) is 0 Å². The molecule has 4 nitrogen and oxygen atoms in total. The third-order valence-corrected chi connectivity index (χ3v) is 4.11. The molecule has 0 aliphatic carbocycles. The highest BCUT2D eigenvalue weighted by atomic mass is 32.1. The number of hydrogen-bond donors (Lipinski definition) is 1. The van der Waals surface area contributed by atoms with E-state index >= 15 is 0 Å². The molecule has 0 bridgehead atoms. The summed E-state index contributed by atoms with van der Waals surface area (Å²) in [5.41, 5.74) is 2.78. The molecule has 21 heavy (non-hydrogen) atoms. The normalized spacial score (nSPS) is 11.1. The Morgan fingerprint density at radius 1 is 1.43 bits per heavy atom. The summed E-state index contributed by atoms with van der Waals surface area (Å²) in [5, 5.41) is 6.01. The van der Waals surface area contributed by atoms with Crippen molar-refractivity contribution in [3.05, 3.63) is 34.7 Å².